The Bertz CT molecular complexity index is 727. The maximum atomic E-state index is 5.61. The number of nitrogens with zero attached hydrogens (tertiary/aromatic N) is 1. The maximum absolute atomic E-state index is 5.61. The second kappa shape index (κ2) is 6.37. The molecule has 1 heterocycles. The molecular formula is C18H16N2S. The summed E-state index contributed by atoms with van der Waals surface area (Å²) in [7, 11) is 0. The first-order valence-corrected chi connectivity index (χ1v) is 7.69. The van der Waals surface area contributed by atoms with Crippen molar-refractivity contribution >= 4 is 28.6 Å². The normalized spacial score (nSPS) is 11.0. The first-order chi connectivity index (χ1) is 10.3. The monoisotopic (exact) mass is 292 g/mol. The molecule has 2 aromatic carbocycles. The molecule has 0 fully saturated rings. The van der Waals surface area contributed by atoms with Crippen LogP contribution in [0.15, 0.2) is 60.0 Å². The summed E-state index contributed by atoms with van der Waals surface area (Å²) in [6, 6.07) is 19.1. The van der Waals surface area contributed by atoms with Gasteiger partial charge >= 0.3 is 0 Å². The van der Waals surface area contributed by atoms with Gasteiger partial charge in [0, 0.05) is 5.38 Å². The maximum Gasteiger partial charge on any atom is 0.180 e. The molecule has 2 N–H and O–H groups in total. The summed E-state index contributed by atoms with van der Waals surface area (Å²) in [5.74, 6) is 0. The van der Waals surface area contributed by atoms with E-state index in [0.717, 1.165) is 12.1 Å². The van der Waals surface area contributed by atoms with Crippen molar-refractivity contribution in [3.63, 3.8) is 0 Å². The van der Waals surface area contributed by atoms with E-state index in [-0.39, 0.29) is 0 Å². The third kappa shape index (κ3) is 3.80. The molecule has 0 saturated carbocycles. The molecule has 3 rings (SSSR count). The van der Waals surface area contributed by atoms with Crippen molar-refractivity contribution in [3.05, 3.63) is 82.4 Å². The Kier molecular flexibility index (Phi) is 4.12. The molecule has 0 amide bonds. The molecule has 0 bridgehead atoms. The summed E-state index contributed by atoms with van der Waals surface area (Å²) in [4.78, 5) is 4.21. The van der Waals surface area contributed by atoms with Gasteiger partial charge in [-0.05, 0) is 29.2 Å². The Morgan fingerprint density at radius 3 is 2.29 bits per heavy atom. The van der Waals surface area contributed by atoms with Crippen LogP contribution in [-0.2, 0) is 6.42 Å². The lowest BCUT2D eigenvalue weighted by Crippen LogP contribution is -1.87. The minimum atomic E-state index is 0.604. The van der Waals surface area contributed by atoms with Crippen molar-refractivity contribution in [3.8, 4) is 0 Å². The second-order valence-corrected chi connectivity index (χ2v) is 5.74. The van der Waals surface area contributed by atoms with Gasteiger partial charge in [0.1, 0.15) is 0 Å². The van der Waals surface area contributed by atoms with Crippen molar-refractivity contribution in [2.45, 2.75) is 6.42 Å². The van der Waals surface area contributed by atoms with Gasteiger partial charge in [0.2, 0.25) is 0 Å². The fourth-order valence-electron chi connectivity index (χ4n) is 2.14. The first-order valence-electron chi connectivity index (χ1n) is 6.81. The SMILES string of the molecule is Nc1nc(C=Cc2ccc(Cc3ccccc3)cc2)cs1. The summed E-state index contributed by atoms with van der Waals surface area (Å²) < 4.78 is 0. The molecule has 0 spiro atoms. The van der Waals surface area contributed by atoms with Crippen molar-refractivity contribution < 1.29 is 0 Å². The van der Waals surface area contributed by atoms with Crippen molar-refractivity contribution in [2.75, 3.05) is 5.73 Å². The average Bonchev–Trinajstić information content (AvgIpc) is 2.93. The number of nitrogens with two attached hydrogens (primary N) is 1. The Hall–Kier alpha value is -2.39. The van der Waals surface area contributed by atoms with E-state index >= 15 is 0 Å². The van der Waals surface area contributed by atoms with E-state index in [1.54, 1.807) is 0 Å². The average molecular weight is 292 g/mol. The van der Waals surface area contributed by atoms with Gasteiger partial charge in [0.25, 0.3) is 0 Å². The summed E-state index contributed by atoms with van der Waals surface area (Å²) >= 11 is 1.46. The summed E-state index contributed by atoms with van der Waals surface area (Å²) in [5, 5.41) is 2.56. The number of thiazole rings is 1. The van der Waals surface area contributed by atoms with Crippen LogP contribution in [0.5, 0.6) is 0 Å². The van der Waals surface area contributed by atoms with Crippen LogP contribution in [0, 0.1) is 0 Å². The van der Waals surface area contributed by atoms with Gasteiger partial charge in [-0.15, -0.1) is 11.3 Å². The largest absolute Gasteiger partial charge is 0.375 e. The number of hydrogen-bond acceptors (Lipinski definition) is 3. The van der Waals surface area contributed by atoms with Crippen LogP contribution >= 0.6 is 11.3 Å². The van der Waals surface area contributed by atoms with Crippen molar-refractivity contribution in [1.82, 2.24) is 4.98 Å². The predicted molar refractivity (Wildman–Crippen MR) is 91.1 cm³/mol. The molecule has 21 heavy (non-hydrogen) atoms. The highest BCUT2D eigenvalue weighted by molar-refractivity contribution is 7.13. The molecule has 0 radical (unpaired) electrons. The molecule has 0 saturated heterocycles. The third-order valence-corrected chi connectivity index (χ3v) is 3.91. The van der Waals surface area contributed by atoms with E-state index in [4.69, 9.17) is 5.73 Å². The lowest BCUT2D eigenvalue weighted by molar-refractivity contribution is 1.19. The van der Waals surface area contributed by atoms with E-state index in [0.29, 0.717) is 5.13 Å². The van der Waals surface area contributed by atoms with Gasteiger partial charge in [-0.1, -0.05) is 60.7 Å². The molecule has 0 aliphatic carbocycles. The molecule has 1 aromatic heterocycles. The fraction of sp³-hybridized carbons (Fsp3) is 0.0556. The van der Waals surface area contributed by atoms with Crippen LogP contribution in [0.4, 0.5) is 5.13 Å². The second-order valence-electron chi connectivity index (χ2n) is 4.85. The van der Waals surface area contributed by atoms with Gasteiger partial charge in [0.15, 0.2) is 5.13 Å². The van der Waals surface area contributed by atoms with Crippen LogP contribution in [0.2, 0.25) is 0 Å². The fourth-order valence-corrected chi connectivity index (χ4v) is 2.67. The van der Waals surface area contributed by atoms with Gasteiger partial charge in [-0.2, -0.15) is 0 Å². The lowest BCUT2D eigenvalue weighted by Gasteiger charge is -2.02. The summed E-state index contributed by atoms with van der Waals surface area (Å²) in [6.07, 6.45) is 5.01. The zero-order valence-electron chi connectivity index (χ0n) is 11.6. The van der Waals surface area contributed by atoms with E-state index in [1.807, 2.05) is 17.5 Å². The molecular weight excluding hydrogens is 276 g/mol. The number of hydrogen-bond donors (Lipinski definition) is 1. The van der Waals surface area contributed by atoms with Crippen molar-refractivity contribution in [1.29, 1.82) is 0 Å². The summed E-state index contributed by atoms with van der Waals surface area (Å²) in [5.41, 5.74) is 10.3. The van der Waals surface area contributed by atoms with Crippen molar-refractivity contribution in [2.24, 2.45) is 0 Å². The quantitative estimate of drug-likeness (QED) is 0.769. The molecule has 0 unspecified atom stereocenters. The first kappa shape index (κ1) is 13.6. The number of aromatic nitrogens is 1. The highest BCUT2D eigenvalue weighted by Crippen LogP contribution is 2.15. The zero-order valence-corrected chi connectivity index (χ0v) is 12.4. The third-order valence-electron chi connectivity index (χ3n) is 3.22. The highest BCUT2D eigenvalue weighted by Gasteiger charge is 1.96. The van der Waals surface area contributed by atoms with E-state index < -0.39 is 0 Å². The number of rotatable bonds is 4. The summed E-state index contributed by atoms with van der Waals surface area (Å²) in [6.45, 7) is 0. The van der Waals surface area contributed by atoms with Crippen LogP contribution < -0.4 is 5.73 Å². The van der Waals surface area contributed by atoms with E-state index in [2.05, 4.69) is 59.6 Å². The topological polar surface area (TPSA) is 38.9 Å². The number of nitrogen functional groups attached to an aromatic ring is 1. The Morgan fingerprint density at radius 2 is 1.62 bits per heavy atom. The standard InChI is InChI=1S/C18H16N2S/c19-18-20-17(13-21-18)11-10-14-6-8-16(9-7-14)12-15-4-2-1-3-5-15/h1-11,13H,12H2,(H2,19,20). The molecule has 3 aromatic rings. The van der Waals surface area contributed by atoms with Crippen LogP contribution in [-0.4, -0.2) is 4.98 Å². The van der Waals surface area contributed by atoms with E-state index in [9.17, 15) is 0 Å². The molecule has 104 valence electrons. The Labute approximate surface area is 128 Å². The van der Waals surface area contributed by atoms with Gasteiger partial charge in [-0.25, -0.2) is 4.98 Å². The molecule has 0 aliphatic heterocycles. The number of anilines is 1. The molecule has 0 aliphatic rings. The van der Waals surface area contributed by atoms with Gasteiger partial charge in [0.05, 0.1) is 5.69 Å². The van der Waals surface area contributed by atoms with Crippen LogP contribution in [0.25, 0.3) is 12.2 Å². The predicted octanol–water partition coefficient (Wildman–Crippen LogP) is 4.49. The highest BCUT2D eigenvalue weighted by atomic mass is 32.1. The van der Waals surface area contributed by atoms with Gasteiger partial charge < -0.3 is 5.73 Å². The van der Waals surface area contributed by atoms with E-state index in [1.165, 1.54) is 28.0 Å². The van der Waals surface area contributed by atoms with Crippen LogP contribution in [0.3, 0.4) is 0 Å². The number of benzene rings is 2. The molecule has 2 nitrogen and oxygen atoms in total. The minimum absolute atomic E-state index is 0.604. The van der Waals surface area contributed by atoms with Gasteiger partial charge in [-0.3, -0.25) is 0 Å². The zero-order chi connectivity index (χ0) is 14.5. The lowest BCUT2D eigenvalue weighted by atomic mass is 10.0. The smallest absolute Gasteiger partial charge is 0.180 e. The Balaban J connectivity index is 1.68. The Morgan fingerprint density at radius 1 is 0.905 bits per heavy atom. The minimum Gasteiger partial charge on any atom is -0.375 e. The molecule has 0 atom stereocenters. The molecule has 3 heteroatoms. The van der Waals surface area contributed by atoms with Crippen LogP contribution in [0.1, 0.15) is 22.4 Å².